The lowest BCUT2D eigenvalue weighted by Crippen LogP contribution is -2.31. The van der Waals surface area contributed by atoms with E-state index in [1.54, 1.807) is 19.1 Å². The Morgan fingerprint density at radius 1 is 1.44 bits per heavy atom. The fraction of sp³-hybridized carbons (Fsp3) is 0.500. The number of sulfonamides is 1. The molecule has 0 saturated carbocycles. The molecule has 1 atom stereocenters. The van der Waals surface area contributed by atoms with Crippen molar-refractivity contribution in [2.45, 2.75) is 31.3 Å². The van der Waals surface area contributed by atoms with Crippen molar-refractivity contribution in [3.63, 3.8) is 0 Å². The summed E-state index contributed by atoms with van der Waals surface area (Å²) in [7, 11) is -1.99. The Bertz CT molecular complexity index is 500. The largest absolute Gasteiger partial charge is 0.398 e. The lowest BCUT2D eigenvalue weighted by Gasteiger charge is -2.12. The molecule has 0 spiro atoms. The predicted molar refractivity (Wildman–Crippen MR) is 71.9 cm³/mol. The molecule has 5 nitrogen and oxygen atoms in total. The average Bonchev–Trinajstić information content (AvgIpc) is 2.35. The highest BCUT2D eigenvalue weighted by Crippen LogP contribution is 2.18. The van der Waals surface area contributed by atoms with Crippen molar-refractivity contribution in [1.29, 1.82) is 0 Å². The maximum absolute atomic E-state index is 12.0. The van der Waals surface area contributed by atoms with Crippen molar-refractivity contribution >= 4 is 15.7 Å². The summed E-state index contributed by atoms with van der Waals surface area (Å²) in [5, 5.41) is 0. The first-order chi connectivity index (χ1) is 8.40. The number of hydrogen-bond donors (Lipinski definition) is 2. The van der Waals surface area contributed by atoms with Crippen LogP contribution >= 0.6 is 0 Å². The molecular weight excluding hydrogens is 252 g/mol. The summed E-state index contributed by atoms with van der Waals surface area (Å²) in [5.41, 5.74) is 7.24. The number of rotatable bonds is 6. The highest BCUT2D eigenvalue weighted by molar-refractivity contribution is 7.89. The van der Waals surface area contributed by atoms with Crippen LogP contribution in [0.5, 0.6) is 0 Å². The van der Waals surface area contributed by atoms with Gasteiger partial charge in [0.05, 0.1) is 11.0 Å². The van der Waals surface area contributed by atoms with Gasteiger partial charge in [-0.2, -0.15) is 0 Å². The van der Waals surface area contributed by atoms with Gasteiger partial charge in [-0.15, -0.1) is 0 Å². The van der Waals surface area contributed by atoms with Crippen LogP contribution in [0.1, 0.15) is 19.4 Å². The summed E-state index contributed by atoms with van der Waals surface area (Å²) in [6, 6.07) is 4.79. The average molecular weight is 272 g/mol. The van der Waals surface area contributed by atoms with E-state index in [2.05, 4.69) is 4.72 Å². The third-order valence-corrected chi connectivity index (χ3v) is 4.19. The van der Waals surface area contributed by atoms with E-state index in [9.17, 15) is 8.42 Å². The van der Waals surface area contributed by atoms with Gasteiger partial charge in [0.25, 0.3) is 0 Å². The van der Waals surface area contributed by atoms with E-state index in [0.717, 1.165) is 12.0 Å². The van der Waals surface area contributed by atoms with E-state index in [0.29, 0.717) is 5.69 Å². The number of nitrogen functional groups attached to an aromatic ring is 1. The second-order valence-corrected chi connectivity index (χ2v) is 5.88. The summed E-state index contributed by atoms with van der Waals surface area (Å²) in [6.45, 7) is 3.99. The van der Waals surface area contributed by atoms with E-state index in [-0.39, 0.29) is 17.5 Å². The molecule has 1 unspecified atom stereocenters. The fourth-order valence-electron chi connectivity index (χ4n) is 1.46. The van der Waals surface area contributed by atoms with Crippen LogP contribution in [-0.4, -0.2) is 28.2 Å². The van der Waals surface area contributed by atoms with Crippen LogP contribution in [0.2, 0.25) is 0 Å². The lowest BCUT2D eigenvalue weighted by molar-refractivity contribution is 0.122. The molecule has 0 aliphatic carbocycles. The molecule has 1 aromatic carbocycles. The summed E-state index contributed by atoms with van der Waals surface area (Å²) in [6.07, 6.45) is 0.604. The van der Waals surface area contributed by atoms with E-state index in [1.165, 1.54) is 13.2 Å². The van der Waals surface area contributed by atoms with Gasteiger partial charge in [-0.1, -0.05) is 13.0 Å². The Hall–Kier alpha value is -1.11. The molecule has 102 valence electrons. The van der Waals surface area contributed by atoms with Crippen molar-refractivity contribution in [3.8, 4) is 0 Å². The van der Waals surface area contributed by atoms with Gasteiger partial charge in [0.15, 0.2) is 0 Å². The van der Waals surface area contributed by atoms with Crippen molar-refractivity contribution in [1.82, 2.24) is 4.72 Å². The Balaban J connectivity index is 2.88. The van der Waals surface area contributed by atoms with Crippen LogP contribution in [-0.2, 0) is 21.2 Å². The summed E-state index contributed by atoms with van der Waals surface area (Å²) < 4.78 is 31.4. The number of ether oxygens (including phenoxy) is 1. The maximum Gasteiger partial charge on any atom is 0.240 e. The van der Waals surface area contributed by atoms with E-state index in [4.69, 9.17) is 10.5 Å². The first kappa shape index (κ1) is 14.9. The van der Waals surface area contributed by atoms with Gasteiger partial charge >= 0.3 is 0 Å². The van der Waals surface area contributed by atoms with Crippen molar-refractivity contribution in [2.75, 3.05) is 19.4 Å². The number of nitrogens with one attached hydrogen (secondary N) is 1. The molecule has 0 fully saturated rings. The number of methoxy groups -OCH3 is 1. The summed E-state index contributed by atoms with van der Waals surface area (Å²) in [4.78, 5) is 0.181. The highest BCUT2D eigenvalue weighted by Gasteiger charge is 2.15. The zero-order chi connectivity index (χ0) is 13.8. The lowest BCUT2D eigenvalue weighted by atomic mass is 10.1. The Kier molecular flexibility index (Phi) is 5.13. The molecule has 0 radical (unpaired) electrons. The molecule has 3 N–H and O–H groups in total. The van der Waals surface area contributed by atoms with Crippen molar-refractivity contribution < 1.29 is 13.2 Å². The van der Waals surface area contributed by atoms with Crippen LogP contribution in [0.3, 0.4) is 0 Å². The molecule has 0 heterocycles. The molecule has 18 heavy (non-hydrogen) atoms. The molecule has 0 aliphatic heterocycles. The number of anilines is 1. The molecule has 1 aromatic rings. The van der Waals surface area contributed by atoms with E-state index >= 15 is 0 Å². The highest BCUT2D eigenvalue weighted by atomic mass is 32.2. The smallest absolute Gasteiger partial charge is 0.240 e. The van der Waals surface area contributed by atoms with Crippen LogP contribution in [0, 0.1) is 0 Å². The molecular formula is C12H20N2O3S. The third kappa shape index (κ3) is 3.69. The van der Waals surface area contributed by atoms with Gasteiger partial charge in [-0.3, -0.25) is 0 Å². The number of aryl methyl sites for hydroxylation is 1. The van der Waals surface area contributed by atoms with Gasteiger partial charge in [0.2, 0.25) is 10.0 Å². The van der Waals surface area contributed by atoms with Gasteiger partial charge in [0, 0.05) is 19.3 Å². The van der Waals surface area contributed by atoms with E-state index < -0.39 is 10.0 Å². The first-order valence-electron chi connectivity index (χ1n) is 5.81. The minimum absolute atomic E-state index is 0.174. The SMILES string of the molecule is CCc1ccc(S(=O)(=O)NCC(C)OC)cc1N. The van der Waals surface area contributed by atoms with Crippen LogP contribution in [0.15, 0.2) is 23.1 Å². The maximum atomic E-state index is 12.0. The Morgan fingerprint density at radius 2 is 2.11 bits per heavy atom. The molecule has 0 aromatic heterocycles. The van der Waals surface area contributed by atoms with Crippen molar-refractivity contribution in [3.05, 3.63) is 23.8 Å². The number of nitrogens with two attached hydrogens (primary N) is 1. The number of benzene rings is 1. The molecule has 6 heteroatoms. The van der Waals surface area contributed by atoms with E-state index in [1.807, 2.05) is 6.92 Å². The van der Waals surface area contributed by atoms with Crippen LogP contribution in [0.4, 0.5) is 5.69 Å². The third-order valence-electron chi connectivity index (χ3n) is 2.77. The predicted octanol–water partition coefficient (Wildman–Crippen LogP) is 1.14. The molecule has 1 rings (SSSR count). The normalized spacial score (nSPS) is 13.5. The van der Waals surface area contributed by atoms with Crippen LogP contribution in [0.25, 0.3) is 0 Å². The fourth-order valence-corrected chi connectivity index (χ4v) is 2.61. The summed E-state index contributed by atoms with van der Waals surface area (Å²) >= 11 is 0. The molecule has 0 saturated heterocycles. The minimum atomic E-state index is -3.52. The molecule has 0 bridgehead atoms. The second kappa shape index (κ2) is 6.17. The van der Waals surface area contributed by atoms with Crippen LogP contribution < -0.4 is 10.5 Å². The molecule has 0 amide bonds. The molecule has 0 aliphatic rings. The van der Waals surface area contributed by atoms with Crippen molar-refractivity contribution in [2.24, 2.45) is 0 Å². The first-order valence-corrected chi connectivity index (χ1v) is 7.30. The Labute approximate surface area is 108 Å². The minimum Gasteiger partial charge on any atom is -0.398 e. The standard InChI is InChI=1S/C12H20N2O3S/c1-4-10-5-6-11(7-12(10)13)18(15,16)14-8-9(2)17-3/h5-7,9,14H,4,8,13H2,1-3H3. The van der Waals surface area contributed by atoms with Gasteiger partial charge in [0.1, 0.15) is 0 Å². The Morgan fingerprint density at radius 3 is 2.61 bits per heavy atom. The second-order valence-electron chi connectivity index (χ2n) is 4.11. The summed E-state index contributed by atoms with van der Waals surface area (Å²) in [5.74, 6) is 0. The van der Waals surface area contributed by atoms with Gasteiger partial charge < -0.3 is 10.5 Å². The zero-order valence-corrected chi connectivity index (χ0v) is 11.8. The van der Waals surface area contributed by atoms with Gasteiger partial charge in [-0.25, -0.2) is 13.1 Å². The zero-order valence-electron chi connectivity index (χ0n) is 10.9. The topological polar surface area (TPSA) is 81.4 Å². The monoisotopic (exact) mass is 272 g/mol. The quantitative estimate of drug-likeness (QED) is 0.761. The number of hydrogen-bond acceptors (Lipinski definition) is 4. The van der Waals surface area contributed by atoms with Gasteiger partial charge in [-0.05, 0) is 31.0 Å².